The van der Waals surface area contributed by atoms with E-state index in [9.17, 15) is 19.5 Å². The van der Waals surface area contributed by atoms with Crippen LogP contribution in [0.15, 0.2) is 48.5 Å². The maximum Gasteiger partial charge on any atom is 0.278 e. The first-order valence-electron chi connectivity index (χ1n) is 10.6. The number of amides is 3. The van der Waals surface area contributed by atoms with Gasteiger partial charge in [-0.05, 0) is 61.7 Å². The first-order valence-corrected chi connectivity index (χ1v) is 10.6. The van der Waals surface area contributed by atoms with E-state index in [-0.39, 0.29) is 12.2 Å². The highest BCUT2D eigenvalue weighted by atomic mass is 16.5. The van der Waals surface area contributed by atoms with Gasteiger partial charge in [0.05, 0.1) is 6.10 Å². The van der Waals surface area contributed by atoms with Crippen LogP contribution in [0.25, 0.3) is 0 Å². The Kier molecular flexibility index (Phi) is 9.33. The van der Waals surface area contributed by atoms with Crippen LogP contribution in [0.2, 0.25) is 0 Å². The number of likely N-dealkylation sites (N-methyl/N-ethyl adjacent to an activating group) is 2. The SMILES string of the molecule is CNC(=O)[C@@](C)(C(=O)NO)N(C)C(=O)c1ccc(C#Cc2ccc(C(O)CCCO)cc2)cc1. The van der Waals surface area contributed by atoms with E-state index in [2.05, 4.69) is 17.2 Å². The molecule has 5 N–H and O–H groups in total. The molecule has 0 saturated heterocycles. The molecule has 0 saturated carbocycles. The summed E-state index contributed by atoms with van der Waals surface area (Å²) in [5.41, 5.74) is 1.85. The van der Waals surface area contributed by atoms with Gasteiger partial charge in [0, 0.05) is 37.4 Å². The van der Waals surface area contributed by atoms with Crippen molar-refractivity contribution in [2.24, 2.45) is 0 Å². The Labute approximate surface area is 198 Å². The molecule has 0 aromatic heterocycles. The number of rotatable bonds is 8. The molecule has 0 heterocycles. The van der Waals surface area contributed by atoms with Gasteiger partial charge < -0.3 is 20.4 Å². The van der Waals surface area contributed by atoms with Crippen LogP contribution >= 0.6 is 0 Å². The molecule has 3 amide bonds. The van der Waals surface area contributed by atoms with Crippen molar-refractivity contribution >= 4 is 17.7 Å². The number of carbonyl (C=O) groups is 3. The molecule has 9 heteroatoms. The van der Waals surface area contributed by atoms with Crippen molar-refractivity contribution in [1.29, 1.82) is 0 Å². The van der Waals surface area contributed by atoms with Gasteiger partial charge in [0.1, 0.15) is 0 Å². The van der Waals surface area contributed by atoms with Crippen LogP contribution in [0.5, 0.6) is 0 Å². The fourth-order valence-electron chi connectivity index (χ4n) is 3.24. The second-order valence-corrected chi connectivity index (χ2v) is 7.79. The minimum Gasteiger partial charge on any atom is -0.396 e. The van der Waals surface area contributed by atoms with Crippen molar-refractivity contribution < 1.29 is 29.8 Å². The minimum atomic E-state index is -1.96. The van der Waals surface area contributed by atoms with Crippen molar-refractivity contribution in [3.8, 4) is 11.8 Å². The summed E-state index contributed by atoms with van der Waals surface area (Å²) in [6.07, 6.45) is 0.372. The molecule has 1 unspecified atom stereocenters. The van der Waals surface area contributed by atoms with Crippen LogP contribution in [-0.4, -0.2) is 64.3 Å². The number of nitrogens with one attached hydrogen (secondary N) is 2. The third kappa shape index (κ3) is 5.99. The van der Waals surface area contributed by atoms with E-state index in [1.54, 1.807) is 36.4 Å². The van der Waals surface area contributed by atoms with Crippen LogP contribution in [0.4, 0.5) is 0 Å². The van der Waals surface area contributed by atoms with Gasteiger partial charge in [-0.2, -0.15) is 0 Å². The number of hydrogen-bond donors (Lipinski definition) is 5. The highest BCUT2D eigenvalue weighted by Gasteiger charge is 2.47. The number of nitrogens with zero attached hydrogens (tertiary/aromatic N) is 1. The fourth-order valence-corrected chi connectivity index (χ4v) is 3.24. The van der Waals surface area contributed by atoms with Crippen LogP contribution in [-0.2, 0) is 9.59 Å². The number of aliphatic hydroxyl groups excluding tert-OH is 2. The number of hydrogen-bond acceptors (Lipinski definition) is 6. The van der Waals surface area contributed by atoms with Crippen molar-refractivity contribution in [2.45, 2.75) is 31.4 Å². The predicted molar refractivity (Wildman–Crippen MR) is 125 cm³/mol. The molecule has 2 atom stereocenters. The van der Waals surface area contributed by atoms with E-state index in [0.29, 0.717) is 18.4 Å². The van der Waals surface area contributed by atoms with Gasteiger partial charge in [-0.25, -0.2) is 5.48 Å². The lowest BCUT2D eigenvalue weighted by atomic mass is 9.96. The summed E-state index contributed by atoms with van der Waals surface area (Å²) in [4.78, 5) is 38.2. The zero-order chi connectivity index (χ0) is 25.3. The van der Waals surface area contributed by atoms with E-state index >= 15 is 0 Å². The highest BCUT2D eigenvalue weighted by molar-refractivity contribution is 6.12. The largest absolute Gasteiger partial charge is 0.396 e. The number of benzene rings is 2. The molecule has 2 aromatic carbocycles. The summed E-state index contributed by atoms with van der Waals surface area (Å²) in [6.45, 7) is 1.26. The first kappa shape index (κ1) is 26.5. The molecule has 2 aromatic rings. The summed E-state index contributed by atoms with van der Waals surface area (Å²) < 4.78 is 0. The molecule has 0 aliphatic carbocycles. The van der Waals surface area contributed by atoms with Crippen molar-refractivity contribution in [3.63, 3.8) is 0 Å². The van der Waals surface area contributed by atoms with Gasteiger partial charge in [-0.1, -0.05) is 24.0 Å². The van der Waals surface area contributed by atoms with E-state index < -0.39 is 29.4 Å². The van der Waals surface area contributed by atoms with Crippen LogP contribution in [0.1, 0.15) is 52.9 Å². The molecule has 9 nitrogen and oxygen atoms in total. The summed E-state index contributed by atoms with van der Waals surface area (Å²) in [6, 6.07) is 13.5. The molecule has 0 radical (unpaired) electrons. The monoisotopic (exact) mass is 467 g/mol. The molecule has 0 bridgehead atoms. The summed E-state index contributed by atoms with van der Waals surface area (Å²) in [7, 11) is 2.62. The lowest BCUT2D eigenvalue weighted by Gasteiger charge is -2.34. The number of aliphatic hydroxyl groups is 2. The average Bonchev–Trinajstić information content (AvgIpc) is 2.88. The maximum atomic E-state index is 12.9. The summed E-state index contributed by atoms with van der Waals surface area (Å²) in [5.74, 6) is 3.61. The Morgan fingerprint density at radius 2 is 1.53 bits per heavy atom. The van der Waals surface area contributed by atoms with E-state index in [1.807, 2.05) is 0 Å². The molecule has 0 fully saturated rings. The summed E-state index contributed by atoms with van der Waals surface area (Å²) >= 11 is 0. The fraction of sp³-hybridized carbons (Fsp3) is 0.320. The Morgan fingerprint density at radius 3 is 2.00 bits per heavy atom. The van der Waals surface area contributed by atoms with Crippen molar-refractivity contribution in [1.82, 2.24) is 15.7 Å². The minimum absolute atomic E-state index is 0.0344. The standard InChI is InChI=1S/C25H29N3O6/c1-25(23(32)26-2,24(33)27-34)28(3)22(31)20-14-10-18(11-15-20)7-6-17-8-12-19(13-9-17)21(30)5-4-16-29/h8-15,21,29-30,34H,4-5,16H2,1-3H3,(H,26,32)(H,27,33)/t21?,25-/m0/s1. The number of hydroxylamine groups is 1. The van der Waals surface area contributed by atoms with Crippen LogP contribution < -0.4 is 10.8 Å². The Hall–Kier alpha value is -3.71. The van der Waals surface area contributed by atoms with Crippen LogP contribution in [0.3, 0.4) is 0 Å². The number of carbonyl (C=O) groups excluding carboxylic acids is 3. The quantitative estimate of drug-likeness (QED) is 0.170. The third-order valence-corrected chi connectivity index (χ3v) is 5.60. The second kappa shape index (κ2) is 12.0. The zero-order valence-corrected chi connectivity index (χ0v) is 19.3. The third-order valence-electron chi connectivity index (χ3n) is 5.60. The Morgan fingerprint density at radius 1 is 1.00 bits per heavy atom. The molecule has 0 spiro atoms. The normalized spacial score (nSPS) is 13.0. The first-order chi connectivity index (χ1) is 16.2. The maximum absolute atomic E-state index is 12.9. The van der Waals surface area contributed by atoms with E-state index in [4.69, 9.17) is 10.3 Å². The van der Waals surface area contributed by atoms with Gasteiger partial charge >= 0.3 is 0 Å². The second-order valence-electron chi connectivity index (χ2n) is 7.79. The van der Waals surface area contributed by atoms with Crippen molar-refractivity contribution in [3.05, 3.63) is 70.8 Å². The van der Waals surface area contributed by atoms with E-state index in [1.165, 1.54) is 38.6 Å². The lowest BCUT2D eigenvalue weighted by Crippen LogP contribution is -2.64. The smallest absolute Gasteiger partial charge is 0.278 e. The average molecular weight is 468 g/mol. The molecule has 0 aliphatic heterocycles. The van der Waals surface area contributed by atoms with Gasteiger partial charge in [0.25, 0.3) is 17.7 Å². The topological polar surface area (TPSA) is 139 Å². The molecular weight excluding hydrogens is 438 g/mol. The van der Waals surface area contributed by atoms with Crippen molar-refractivity contribution in [2.75, 3.05) is 20.7 Å². The van der Waals surface area contributed by atoms with Gasteiger partial charge in [-0.3, -0.25) is 19.6 Å². The van der Waals surface area contributed by atoms with Crippen LogP contribution in [0, 0.1) is 11.8 Å². The van der Waals surface area contributed by atoms with Gasteiger partial charge in [-0.15, -0.1) is 0 Å². The Balaban J connectivity index is 2.15. The lowest BCUT2D eigenvalue weighted by molar-refractivity contribution is -0.148. The molecule has 180 valence electrons. The highest BCUT2D eigenvalue weighted by Crippen LogP contribution is 2.19. The molecule has 2 rings (SSSR count). The van der Waals surface area contributed by atoms with E-state index in [0.717, 1.165) is 16.0 Å². The van der Waals surface area contributed by atoms with Gasteiger partial charge in [0.2, 0.25) is 0 Å². The summed E-state index contributed by atoms with van der Waals surface area (Å²) in [5, 5.41) is 30.3. The molecule has 0 aliphatic rings. The predicted octanol–water partition coefficient (Wildman–Crippen LogP) is 0.974. The molecule has 34 heavy (non-hydrogen) atoms. The Bertz CT molecular complexity index is 1050. The molecular formula is C25H29N3O6. The van der Waals surface area contributed by atoms with Gasteiger partial charge in [0.15, 0.2) is 5.54 Å². The zero-order valence-electron chi connectivity index (χ0n) is 19.3.